The number of likely N-dealkylation sites (tertiary alicyclic amines) is 1. The average Bonchev–Trinajstić information content (AvgIpc) is 3.08. The van der Waals surface area contributed by atoms with E-state index >= 15 is 0 Å². The standard InChI is InChI=1S/C26H32N2O5/c1-5-27(6-2)14-7-15-28-23(18-9-11-19(33-4)12-10-18)22(25(31)26(28)32)24(30)20-16-17(3)8-13-21(20)29/h8-13,16,23,29-30H,5-7,14-15H2,1-4H3/t23-/m0/s1. The summed E-state index contributed by atoms with van der Waals surface area (Å²) in [5.74, 6) is -1.28. The lowest BCUT2D eigenvalue weighted by Crippen LogP contribution is -2.33. The Kier molecular flexibility index (Phi) is 7.76. The van der Waals surface area contributed by atoms with Crippen molar-refractivity contribution in [1.29, 1.82) is 0 Å². The lowest BCUT2D eigenvalue weighted by atomic mass is 9.94. The summed E-state index contributed by atoms with van der Waals surface area (Å²) in [5.41, 5.74) is 1.61. The number of ether oxygens (including phenoxy) is 1. The number of benzene rings is 2. The molecule has 0 aliphatic carbocycles. The summed E-state index contributed by atoms with van der Waals surface area (Å²) >= 11 is 0. The van der Waals surface area contributed by atoms with Crippen molar-refractivity contribution >= 4 is 17.4 Å². The number of carbonyl (C=O) groups is 2. The maximum absolute atomic E-state index is 13.1. The molecule has 2 aromatic carbocycles. The van der Waals surface area contributed by atoms with Crippen LogP contribution in [-0.4, -0.2) is 65.0 Å². The molecule has 1 heterocycles. The first-order valence-electron chi connectivity index (χ1n) is 11.3. The van der Waals surface area contributed by atoms with E-state index in [-0.39, 0.29) is 22.6 Å². The average molecular weight is 453 g/mol. The highest BCUT2D eigenvalue weighted by molar-refractivity contribution is 6.46. The van der Waals surface area contributed by atoms with Crippen LogP contribution in [0.1, 0.15) is 43.0 Å². The Labute approximate surface area is 194 Å². The van der Waals surface area contributed by atoms with Crippen LogP contribution in [-0.2, 0) is 9.59 Å². The number of hydrogen-bond donors (Lipinski definition) is 2. The number of hydrogen-bond acceptors (Lipinski definition) is 6. The zero-order valence-electron chi connectivity index (χ0n) is 19.7. The van der Waals surface area contributed by atoms with Gasteiger partial charge in [0, 0.05) is 6.54 Å². The van der Waals surface area contributed by atoms with Crippen molar-refractivity contribution in [3.05, 3.63) is 64.7 Å². The van der Waals surface area contributed by atoms with Gasteiger partial charge in [-0.2, -0.15) is 0 Å². The first kappa shape index (κ1) is 24.3. The number of phenols is 1. The molecule has 1 atom stereocenters. The molecule has 1 amide bonds. The van der Waals surface area contributed by atoms with Gasteiger partial charge in [0.15, 0.2) is 0 Å². The van der Waals surface area contributed by atoms with Gasteiger partial charge in [0.2, 0.25) is 0 Å². The maximum atomic E-state index is 13.1. The van der Waals surface area contributed by atoms with Crippen molar-refractivity contribution < 1.29 is 24.5 Å². The summed E-state index contributed by atoms with van der Waals surface area (Å²) in [7, 11) is 1.56. The van der Waals surface area contributed by atoms with Crippen molar-refractivity contribution in [2.75, 3.05) is 33.3 Å². The van der Waals surface area contributed by atoms with E-state index in [4.69, 9.17) is 4.74 Å². The van der Waals surface area contributed by atoms with Gasteiger partial charge in [0.1, 0.15) is 17.3 Å². The second kappa shape index (κ2) is 10.5. The molecule has 1 aliphatic rings. The zero-order valence-corrected chi connectivity index (χ0v) is 19.7. The summed E-state index contributed by atoms with van der Waals surface area (Å²) < 4.78 is 5.24. The van der Waals surface area contributed by atoms with Crippen LogP contribution in [0.15, 0.2) is 48.0 Å². The third-order valence-electron chi connectivity index (χ3n) is 6.15. The summed E-state index contributed by atoms with van der Waals surface area (Å²) in [5, 5.41) is 21.5. The van der Waals surface area contributed by atoms with Gasteiger partial charge in [0.05, 0.1) is 24.3 Å². The predicted octanol–water partition coefficient (Wildman–Crippen LogP) is 3.86. The Bertz CT molecular complexity index is 1040. The fourth-order valence-electron chi connectivity index (χ4n) is 4.23. The van der Waals surface area contributed by atoms with Gasteiger partial charge in [0.25, 0.3) is 11.7 Å². The number of carbonyl (C=O) groups excluding carboxylic acids is 2. The Morgan fingerprint density at radius 3 is 2.36 bits per heavy atom. The number of nitrogens with zero attached hydrogens (tertiary/aromatic N) is 2. The molecule has 1 fully saturated rings. The number of aliphatic hydroxyl groups is 1. The lowest BCUT2D eigenvalue weighted by Gasteiger charge is -2.27. The van der Waals surface area contributed by atoms with Crippen LogP contribution in [0.5, 0.6) is 11.5 Å². The molecule has 0 spiro atoms. The summed E-state index contributed by atoms with van der Waals surface area (Å²) in [6.45, 7) is 8.97. The molecule has 176 valence electrons. The zero-order chi connectivity index (χ0) is 24.1. The molecule has 0 unspecified atom stereocenters. The fraction of sp³-hybridized carbons (Fsp3) is 0.385. The van der Waals surface area contributed by atoms with Gasteiger partial charge in [-0.1, -0.05) is 37.6 Å². The van der Waals surface area contributed by atoms with Crippen LogP contribution < -0.4 is 4.74 Å². The third kappa shape index (κ3) is 5.03. The molecule has 0 radical (unpaired) electrons. The SMILES string of the molecule is CCN(CC)CCCN1C(=O)C(=O)C(=C(O)c2cc(C)ccc2O)[C@@H]1c1ccc(OC)cc1. The topological polar surface area (TPSA) is 90.3 Å². The number of aromatic hydroxyl groups is 1. The highest BCUT2D eigenvalue weighted by Crippen LogP contribution is 2.41. The van der Waals surface area contributed by atoms with E-state index in [0.717, 1.165) is 25.2 Å². The number of ketones is 1. The van der Waals surface area contributed by atoms with Gasteiger partial charge in [-0.3, -0.25) is 9.59 Å². The molecular weight excluding hydrogens is 420 g/mol. The molecule has 0 aromatic heterocycles. The molecule has 0 bridgehead atoms. The van der Waals surface area contributed by atoms with Gasteiger partial charge in [-0.25, -0.2) is 0 Å². The van der Waals surface area contributed by atoms with Crippen molar-refractivity contribution in [2.45, 2.75) is 33.2 Å². The second-order valence-electron chi connectivity index (χ2n) is 8.17. The smallest absolute Gasteiger partial charge is 0.295 e. The van der Waals surface area contributed by atoms with E-state index in [2.05, 4.69) is 18.7 Å². The van der Waals surface area contributed by atoms with E-state index in [1.54, 1.807) is 43.5 Å². The fourth-order valence-corrected chi connectivity index (χ4v) is 4.23. The van der Waals surface area contributed by atoms with Crippen LogP contribution >= 0.6 is 0 Å². The minimum absolute atomic E-state index is 0.0195. The Morgan fingerprint density at radius 1 is 1.09 bits per heavy atom. The van der Waals surface area contributed by atoms with Crippen molar-refractivity contribution in [3.63, 3.8) is 0 Å². The molecule has 3 rings (SSSR count). The van der Waals surface area contributed by atoms with Crippen LogP contribution in [0.4, 0.5) is 0 Å². The summed E-state index contributed by atoms with van der Waals surface area (Å²) in [6, 6.07) is 11.1. The normalized spacial score (nSPS) is 17.7. The van der Waals surface area contributed by atoms with Gasteiger partial charge < -0.3 is 24.7 Å². The number of amides is 1. The molecule has 0 saturated carbocycles. The highest BCUT2D eigenvalue weighted by Gasteiger charge is 2.46. The monoisotopic (exact) mass is 452 g/mol. The molecule has 7 nitrogen and oxygen atoms in total. The third-order valence-corrected chi connectivity index (χ3v) is 6.15. The van der Waals surface area contributed by atoms with Crippen molar-refractivity contribution in [3.8, 4) is 11.5 Å². The van der Waals surface area contributed by atoms with Crippen LogP contribution in [0.3, 0.4) is 0 Å². The largest absolute Gasteiger partial charge is 0.507 e. The maximum Gasteiger partial charge on any atom is 0.295 e. The van der Waals surface area contributed by atoms with E-state index in [0.29, 0.717) is 24.3 Å². The minimum atomic E-state index is -0.757. The van der Waals surface area contributed by atoms with Crippen LogP contribution in [0.2, 0.25) is 0 Å². The lowest BCUT2D eigenvalue weighted by molar-refractivity contribution is -0.140. The molecule has 2 N–H and O–H groups in total. The van der Waals surface area contributed by atoms with Crippen LogP contribution in [0, 0.1) is 6.92 Å². The summed E-state index contributed by atoms with van der Waals surface area (Å²) in [6.07, 6.45) is 0.692. The summed E-state index contributed by atoms with van der Waals surface area (Å²) in [4.78, 5) is 29.9. The number of aryl methyl sites for hydroxylation is 1. The number of aliphatic hydroxyl groups excluding tert-OH is 1. The molecule has 33 heavy (non-hydrogen) atoms. The quantitative estimate of drug-likeness (QED) is 0.341. The second-order valence-corrected chi connectivity index (χ2v) is 8.17. The molecule has 2 aromatic rings. The molecular formula is C26H32N2O5. The predicted molar refractivity (Wildman–Crippen MR) is 127 cm³/mol. The van der Waals surface area contributed by atoms with Gasteiger partial charge >= 0.3 is 0 Å². The van der Waals surface area contributed by atoms with E-state index in [9.17, 15) is 19.8 Å². The van der Waals surface area contributed by atoms with E-state index in [1.807, 2.05) is 6.92 Å². The molecule has 1 aliphatic heterocycles. The first-order chi connectivity index (χ1) is 15.8. The van der Waals surface area contributed by atoms with Gasteiger partial charge in [-0.15, -0.1) is 0 Å². The molecule has 7 heteroatoms. The van der Waals surface area contributed by atoms with E-state index < -0.39 is 17.7 Å². The number of phenolic OH excluding ortho intramolecular Hbond substituents is 1. The van der Waals surface area contributed by atoms with Crippen molar-refractivity contribution in [2.24, 2.45) is 0 Å². The van der Waals surface area contributed by atoms with Crippen molar-refractivity contribution in [1.82, 2.24) is 9.80 Å². The Morgan fingerprint density at radius 2 is 1.76 bits per heavy atom. The number of Topliss-reactive ketones (excluding diaryl/α,β-unsaturated/α-hetero) is 1. The van der Waals surface area contributed by atoms with Crippen LogP contribution in [0.25, 0.3) is 5.76 Å². The first-order valence-corrected chi connectivity index (χ1v) is 11.3. The van der Waals surface area contributed by atoms with E-state index in [1.165, 1.54) is 11.0 Å². The number of rotatable bonds is 9. The Hall–Kier alpha value is -3.32. The minimum Gasteiger partial charge on any atom is -0.507 e. The highest BCUT2D eigenvalue weighted by atomic mass is 16.5. The molecule has 1 saturated heterocycles. The Balaban J connectivity index is 2.07. The van der Waals surface area contributed by atoms with Gasteiger partial charge in [-0.05, 0) is 62.8 Å². The number of methoxy groups -OCH3 is 1.